The van der Waals surface area contributed by atoms with Gasteiger partial charge in [0.25, 0.3) is 0 Å². The van der Waals surface area contributed by atoms with Crippen LogP contribution in [0.1, 0.15) is 18.4 Å². The number of nitrogens with zero attached hydrogens (tertiary/aromatic N) is 2. The van der Waals surface area contributed by atoms with E-state index in [-0.39, 0.29) is 17.9 Å². The molecule has 2 aliphatic heterocycles. The maximum Gasteiger partial charge on any atom is 0.247 e. The van der Waals surface area contributed by atoms with Gasteiger partial charge in [-0.25, -0.2) is 0 Å². The third kappa shape index (κ3) is 3.97. The standard InChI is InChI=1S/C18H21ClN2O3/c19-15-4-1-3-14(13-15)6-7-17(22)21-8-2-5-16(21)18(23)20-9-11-24-12-10-20/h1,3-4,6-7,13,16H,2,5,8-12H2/b7-6+. The van der Waals surface area contributed by atoms with Gasteiger partial charge < -0.3 is 14.5 Å². The number of likely N-dealkylation sites (tertiary alicyclic amines) is 1. The van der Waals surface area contributed by atoms with Crippen molar-refractivity contribution < 1.29 is 14.3 Å². The minimum absolute atomic E-state index is 0.0419. The Labute approximate surface area is 146 Å². The summed E-state index contributed by atoms with van der Waals surface area (Å²) in [5, 5.41) is 0.631. The van der Waals surface area contributed by atoms with Crippen molar-refractivity contribution in [1.82, 2.24) is 9.80 Å². The summed E-state index contributed by atoms with van der Waals surface area (Å²) in [6.07, 6.45) is 4.85. The van der Waals surface area contributed by atoms with Gasteiger partial charge in [0.1, 0.15) is 6.04 Å². The Balaban J connectivity index is 1.65. The van der Waals surface area contributed by atoms with E-state index in [2.05, 4.69) is 0 Å². The van der Waals surface area contributed by atoms with Crippen molar-refractivity contribution in [3.63, 3.8) is 0 Å². The zero-order valence-corrected chi connectivity index (χ0v) is 14.2. The van der Waals surface area contributed by atoms with Crippen molar-refractivity contribution in [2.24, 2.45) is 0 Å². The fraction of sp³-hybridized carbons (Fsp3) is 0.444. The molecule has 0 spiro atoms. The minimum Gasteiger partial charge on any atom is -0.378 e. The van der Waals surface area contributed by atoms with Crippen LogP contribution in [0.5, 0.6) is 0 Å². The van der Waals surface area contributed by atoms with Gasteiger partial charge in [-0.3, -0.25) is 9.59 Å². The lowest BCUT2D eigenvalue weighted by Crippen LogP contribution is -2.50. The Hall–Kier alpha value is -1.85. The first-order valence-electron chi connectivity index (χ1n) is 8.26. The molecule has 3 rings (SSSR count). The highest BCUT2D eigenvalue weighted by Gasteiger charge is 2.36. The molecule has 1 unspecified atom stereocenters. The lowest BCUT2D eigenvalue weighted by Gasteiger charge is -2.32. The molecule has 2 aliphatic rings. The number of benzene rings is 1. The van der Waals surface area contributed by atoms with E-state index in [9.17, 15) is 9.59 Å². The smallest absolute Gasteiger partial charge is 0.247 e. The number of carbonyl (C=O) groups is 2. The van der Waals surface area contributed by atoms with Gasteiger partial charge in [-0.05, 0) is 36.6 Å². The molecule has 2 fully saturated rings. The van der Waals surface area contributed by atoms with Crippen molar-refractivity contribution in [3.8, 4) is 0 Å². The first-order valence-corrected chi connectivity index (χ1v) is 8.64. The molecule has 2 saturated heterocycles. The predicted molar refractivity (Wildman–Crippen MR) is 92.6 cm³/mol. The summed E-state index contributed by atoms with van der Waals surface area (Å²) >= 11 is 5.95. The largest absolute Gasteiger partial charge is 0.378 e. The van der Waals surface area contributed by atoms with Crippen molar-refractivity contribution in [1.29, 1.82) is 0 Å². The lowest BCUT2D eigenvalue weighted by molar-refractivity contribution is -0.144. The molecule has 0 bridgehead atoms. The van der Waals surface area contributed by atoms with Crippen LogP contribution in [0, 0.1) is 0 Å². The van der Waals surface area contributed by atoms with E-state index in [1.54, 1.807) is 28.0 Å². The molecule has 2 heterocycles. The molecule has 0 aromatic heterocycles. The van der Waals surface area contributed by atoms with Crippen LogP contribution in [-0.2, 0) is 14.3 Å². The number of hydrogen-bond acceptors (Lipinski definition) is 3. The first kappa shape index (κ1) is 17.0. The minimum atomic E-state index is -0.348. The van der Waals surface area contributed by atoms with Crippen molar-refractivity contribution in [3.05, 3.63) is 40.9 Å². The average Bonchev–Trinajstić information content (AvgIpc) is 3.09. The van der Waals surface area contributed by atoms with Gasteiger partial charge in [0.05, 0.1) is 13.2 Å². The van der Waals surface area contributed by atoms with Gasteiger partial charge >= 0.3 is 0 Å². The zero-order chi connectivity index (χ0) is 16.9. The van der Waals surface area contributed by atoms with E-state index >= 15 is 0 Å². The lowest BCUT2D eigenvalue weighted by atomic mass is 10.1. The second kappa shape index (κ2) is 7.81. The molecular weight excluding hydrogens is 328 g/mol. The molecule has 1 aromatic carbocycles. The van der Waals surface area contributed by atoms with E-state index in [0.717, 1.165) is 18.4 Å². The van der Waals surface area contributed by atoms with E-state index in [1.165, 1.54) is 6.08 Å². The molecule has 6 heteroatoms. The molecule has 0 saturated carbocycles. The van der Waals surface area contributed by atoms with E-state index < -0.39 is 0 Å². The van der Waals surface area contributed by atoms with Gasteiger partial charge in [-0.1, -0.05) is 23.7 Å². The maximum absolute atomic E-state index is 12.7. The Bertz CT molecular complexity index is 641. The molecule has 24 heavy (non-hydrogen) atoms. The number of ether oxygens (including phenoxy) is 1. The van der Waals surface area contributed by atoms with Crippen LogP contribution in [0.15, 0.2) is 30.3 Å². The fourth-order valence-electron chi connectivity index (χ4n) is 3.16. The van der Waals surface area contributed by atoms with Gasteiger partial charge in [-0.2, -0.15) is 0 Å². The summed E-state index contributed by atoms with van der Waals surface area (Å²) in [6.45, 7) is 2.98. The van der Waals surface area contributed by atoms with E-state index in [1.807, 2.05) is 12.1 Å². The summed E-state index contributed by atoms with van der Waals surface area (Å²) in [5.74, 6) is -0.0839. The van der Waals surface area contributed by atoms with Gasteiger partial charge in [-0.15, -0.1) is 0 Å². The SMILES string of the molecule is O=C(C1CCCN1C(=O)/C=C/c1cccc(Cl)c1)N1CCOCC1. The first-order chi connectivity index (χ1) is 11.6. The van der Waals surface area contributed by atoms with Gasteiger partial charge in [0.15, 0.2) is 0 Å². The second-order valence-corrected chi connectivity index (χ2v) is 6.45. The number of hydrogen-bond donors (Lipinski definition) is 0. The Morgan fingerprint density at radius 2 is 2.00 bits per heavy atom. The van der Waals surface area contributed by atoms with Crippen molar-refractivity contribution in [2.75, 3.05) is 32.8 Å². The molecule has 1 atom stereocenters. The van der Waals surface area contributed by atoms with Crippen LogP contribution in [-0.4, -0.2) is 60.5 Å². The Morgan fingerprint density at radius 3 is 2.75 bits per heavy atom. The van der Waals surface area contributed by atoms with Crippen molar-refractivity contribution in [2.45, 2.75) is 18.9 Å². The van der Waals surface area contributed by atoms with Crippen LogP contribution < -0.4 is 0 Å². The number of morpholine rings is 1. The molecule has 0 N–H and O–H groups in total. The molecule has 0 aliphatic carbocycles. The maximum atomic E-state index is 12.7. The monoisotopic (exact) mass is 348 g/mol. The highest BCUT2D eigenvalue weighted by Crippen LogP contribution is 2.21. The van der Waals surface area contributed by atoms with Crippen LogP contribution >= 0.6 is 11.6 Å². The summed E-state index contributed by atoms with van der Waals surface area (Å²) in [6, 6.07) is 6.96. The third-order valence-electron chi connectivity index (χ3n) is 4.41. The zero-order valence-electron chi connectivity index (χ0n) is 13.5. The summed E-state index contributed by atoms with van der Waals surface area (Å²) in [7, 11) is 0. The molecule has 2 amide bonds. The van der Waals surface area contributed by atoms with Gasteiger partial charge in [0, 0.05) is 30.7 Å². The highest BCUT2D eigenvalue weighted by molar-refractivity contribution is 6.30. The van der Waals surface area contributed by atoms with Gasteiger partial charge in [0.2, 0.25) is 11.8 Å². The number of amides is 2. The van der Waals surface area contributed by atoms with E-state index in [4.69, 9.17) is 16.3 Å². The third-order valence-corrected chi connectivity index (χ3v) is 4.65. The fourth-order valence-corrected chi connectivity index (χ4v) is 3.35. The summed E-state index contributed by atoms with van der Waals surface area (Å²) in [5.41, 5.74) is 0.867. The molecule has 0 radical (unpaired) electrons. The van der Waals surface area contributed by atoms with E-state index in [0.29, 0.717) is 37.9 Å². The number of carbonyl (C=O) groups excluding carboxylic acids is 2. The number of rotatable bonds is 3. The van der Waals surface area contributed by atoms with Crippen LogP contribution in [0.2, 0.25) is 5.02 Å². The highest BCUT2D eigenvalue weighted by atomic mass is 35.5. The molecule has 1 aromatic rings. The van der Waals surface area contributed by atoms with Crippen molar-refractivity contribution >= 4 is 29.5 Å². The van der Waals surface area contributed by atoms with Crippen LogP contribution in [0.25, 0.3) is 6.08 Å². The number of halogens is 1. The Kier molecular flexibility index (Phi) is 5.53. The normalized spacial score (nSPS) is 21.5. The second-order valence-electron chi connectivity index (χ2n) is 6.02. The Morgan fingerprint density at radius 1 is 1.21 bits per heavy atom. The summed E-state index contributed by atoms with van der Waals surface area (Å²) < 4.78 is 5.29. The molecule has 5 nitrogen and oxygen atoms in total. The average molecular weight is 349 g/mol. The van der Waals surface area contributed by atoms with Crippen LogP contribution in [0.4, 0.5) is 0 Å². The topological polar surface area (TPSA) is 49.9 Å². The quantitative estimate of drug-likeness (QED) is 0.787. The molecular formula is C18H21ClN2O3. The van der Waals surface area contributed by atoms with Crippen LogP contribution in [0.3, 0.4) is 0 Å². The predicted octanol–water partition coefficient (Wildman–Crippen LogP) is 2.20. The summed E-state index contributed by atoms with van der Waals surface area (Å²) in [4.78, 5) is 28.7. The molecule has 128 valence electrons.